The second-order valence-corrected chi connectivity index (χ2v) is 3.36. The molecule has 0 atom stereocenters. The van der Waals surface area contributed by atoms with Gasteiger partial charge in [0.05, 0.1) is 11.8 Å². The Morgan fingerprint density at radius 1 is 1.44 bits per heavy atom. The minimum Gasteiger partial charge on any atom is -0.366 e. The first-order valence-corrected chi connectivity index (χ1v) is 5.49. The van der Waals surface area contributed by atoms with Gasteiger partial charge in [-0.15, -0.1) is 5.10 Å². The van der Waals surface area contributed by atoms with Crippen LogP contribution in [0.4, 0.5) is 5.82 Å². The molecule has 0 saturated carbocycles. The van der Waals surface area contributed by atoms with Crippen molar-refractivity contribution in [3.8, 4) is 6.07 Å². The first kappa shape index (κ1) is 12.4. The van der Waals surface area contributed by atoms with Gasteiger partial charge in [0.2, 0.25) is 0 Å². The molecule has 0 radical (unpaired) electrons. The molecule has 0 unspecified atom stereocenters. The molecular formula is C11H17N5. The van der Waals surface area contributed by atoms with Gasteiger partial charge in [-0.05, 0) is 19.2 Å². The minimum absolute atomic E-state index is 0.537. The maximum Gasteiger partial charge on any atom is 0.166 e. The molecule has 1 N–H and O–H groups in total. The molecule has 0 aromatic carbocycles. The summed E-state index contributed by atoms with van der Waals surface area (Å²) in [4.78, 5) is 2.30. The SMILES string of the molecule is CCN(CC)CCNc1nnccc1C#N. The number of hydrogen-bond acceptors (Lipinski definition) is 5. The summed E-state index contributed by atoms with van der Waals surface area (Å²) in [6, 6.07) is 3.74. The number of rotatable bonds is 6. The van der Waals surface area contributed by atoms with Crippen LogP contribution < -0.4 is 5.32 Å². The predicted octanol–water partition coefficient (Wildman–Crippen LogP) is 1.10. The van der Waals surface area contributed by atoms with Crippen LogP contribution in [0.2, 0.25) is 0 Å². The molecule has 1 heterocycles. The smallest absolute Gasteiger partial charge is 0.166 e. The standard InChI is InChI=1S/C11H17N5/c1-3-16(4-2)8-7-13-11-10(9-12)5-6-14-15-11/h5-6H,3-4,7-8H2,1-2H3,(H,13,15). The van der Waals surface area contributed by atoms with E-state index in [0.29, 0.717) is 11.4 Å². The largest absolute Gasteiger partial charge is 0.366 e. The van der Waals surface area contributed by atoms with Crippen molar-refractivity contribution in [2.24, 2.45) is 0 Å². The molecule has 5 heteroatoms. The molecular weight excluding hydrogens is 202 g/mol. The van der Waals surface area contributed by atoms with E-state index in [1.807, 2.05) is 0 Å². The van der Waals surface area contributed by atoms with Crippen molar-refractivity contribution >= 4 is 5.82 Å². The summed E-state index contributed by atoms with van der Waals surface area (Å²) in [5, 5.41) is 19.6. The lowest BCUT2D eigenvalue weighted by molar-refractivity contribution is 0.316. The first-order valence-electron chi connectivity index (χ1n) is 5.49. The van der Waals surface area contributed by atoms with E-state index in [4.69, 9.17) is 5.26 Å². The molecule has 0 aliphatic heterocycles. The fourth-order valence-electron chi connectivity index (χ4n) is 1.42. The minimum atomic E-state index is 0.537. The average Bonchev–Trinajstić information content (AvgIpc) is 2.35. The van der Waals surface area contributed by atoms with E-state index in [2.05, 4.69) is 40.3 Å². The molecule has 5 nitrogen and oxygen atoms in total. The Morgan fingerprint density at radius 3 is 2.81 bits per heavy atom. The van der Waals surface area contributed by atoms with Gasteiger partial charge in [-0.3, -0.25) is 0 Å². The van der Waals surface area contributed by atoms with Crippen molar-refractivity contribution in [3.63, 3.8) is 0 Å². The molecule has 0 aliphatic carbocycles. The van der Waals surface area contributed by atoms with Crippen LogP contribution in [0.1, 0.15) is 19.4 Å². The molecule has 1 aromatic rings. The van der Waals surface area contributed by atoms with Crippen molar-refractivity contribution in [1.29, 1.82) is 5.26 Å². The number of nitrogens with one attached hydrogen (secondary N) is 1. The van der Waals surface area contributed by atoms with Crippen LogP contribution in [0.15, 0.2) is 12.3 Å². The van der Waals surface area contributed by atoms with Crippen molar-refractivity contribution in [3.05, 3.63) is 17.8 Å². The van der Waals surface area contributed by atoms with E-state index in [-0.39, 0.29) is 0 Å². The van der Waals surface area contributed by atoms with Gasteiger partial charge in [-0.25, -0.2) is 0 Å². The van der Waals surface area contributed by atoms with E-state index in [1.54, 1.807) is 6.07 Å². The summed E-state index contributed by atoms with van der Waals surface area (Å²) >= 11 is 0. The number of nitriles is 1. The third kappa shape index (κ3) is 3.48. The Bertz CT molecular complexity index is 354. The van der Waals surface area contributed by atoms with E-state index < -0.39 is 0 Å². The van der Waals surface area contributed by atoms with Gasteiger partial charge in [-0.2, -0.15) is 10.4 Å². The maximum absolute atomic E-state index is 8.85. The number of hydrogen-bond donors (Lipinski definition) is 1. The molecule has 0 aliphatic rings. The molecule has 86 valence electrons. The summed E-state index contributed by atoms with van der Waals surface area (Å²) < 4.78 is 0. The van der Waals surface area contributed by atoms with Gasteiger partial charge in [-0.1, -0.05) is 13.8 Å². The van der Waals surface area contributed by atoms with Gasteiger partial charge in [0, 0.05) is 13.1 Å². The number of aromatic nitrogens is 2. The van der Waals surface area contributed by atoms with E-state index in [1.165, 1.54) is 6.20 Å². The quantitative estimate of drug-likeness (QED) is 0.776. The molecule has 0 bridgehead atoms. The lowest BCUT2D eigenvalue weighted by Crippen LogP contribution is -2.28. The van der Waals surface area contributed by atoms with Gasteiger partial charge in [0.25, 0.3) is 0 Å². The Kier molecular flexibility index (Phi) is 5.23. The topological polar surface area (TPSA) is 64.8 Å². The van der Waals surface area contributed by atoms with Crippen molar-refractivity contribution in [1.82, 2.24) is 15.1 Å². The highest BCUT2D eigenvalue weighted by Crippen LogP contribution is 2.07. The van der Waals surface area contributed by atoms with Crippen LogP contribution in [-0.2, 0) is 0 Å². The average molecular weight is 219 g/mol. The van der Waals surface area contributed by atoms with Gasteiger partial charge in [0.1, 0.15) is 6.07 Å². The van der Waals surface area contributed by atoms with Crippen molar-refractivity contribution < 1.29 is 0 Å². The number of anilines is 1. The molecule has 0 spiro atoms. The second-order valence-electron chi connectivity index (χ2n) is 3.36. The molecule has 1 aromatic heterocycles. The van der Waals surface area contributed by atoms with Crippen LogP contribution in [0.3, 0.4) is 0 Å². The third-order valence-electron chi connectivity index (χ3n) is 2.46. The van der Waals surface area contributed by atoms with E-state index >= 15 is 0 Å². The lowest BCUT2D eigenvalue weighted by Gasteiger charge is -2.18. The first-order chi connectivity index (χ1) is 7.81. The summed E-state index contributed by atoms with van der Waals surface area (Å²) in [5.41, 5.74) is 0.537. The Morgan fingerprint density at radius 2 is 2.19 bits per heavy atom. The van der Waals surface area contributed by atoms with Gasteiger partial charge in [0.15, 0.2) is 5.82 Å². The van der Waals surface area contributed by atoms with E-state index in [9.17, 15) is 0 Å². The molecule has 16 heavy (non-hydrogen) atoms. The normalized spacial score (nSPS) is 10.1. The monoisotopic (exact) mass is 219 g/mol. The molecule has 0 fully saturated rings. The third-order valence-corrected chi connectivity index (χ3v) is 2.46. The second kappa shape index (κ2) is 6.75. The summed E-state index contributed by atoms with van der Waals surface area (Å²) in [6.07, 6.45) is 1.52. The summed E-state index contributed by atoms with van der Waals surface area (Å²) in [6.45, 7) is 8.04. The zero-order chi connectivity index (χ0) is 11.8. The highest BCUT2D eigenvalue weighted by molar-refractivity contribution is 5.49. The molecule has 0 amide bonds. The Hall–Kier alpha value is -1.67. The Balaban J connectivity index is 2.46. The van der Waals surface area contributed by atoms with Crippen LogP contribution in [0.5, 0.6) is 0 Å². The molecule has 1 rings (SSSR count). The maximum atomic E-state index is 8.85. The van der Waals surface area contributed by atoms with E-state index in [0.717, 1.165) is 26.2 Å². The summed E-state index contributed by atoms with van der Waals surface area (Å²) in [5.74, 6) is 0.567. The van der Waals surface area contributed by atoms with Gasteiger partial charge >= 0.3 is 0 Å². The highest BCUT2D eigenvalue weighted by Gasteiger charge is 2.03. The lowest BCUT2D eigenvalue weighted by atomic mass is 10.3. The molecule has 0 saturated heterocycles. The van der Waals surface area contributed by atoms with Crippen LogP contribution >= 0.6 is 0 Å². The fourth-order valence-corrected chi connectivity index (χ4v) is 1.42. The Labute approximate surface area is 96.1 Å². The van der Waals surface area contributed by atoms with Crippen molar-refractivity contribution in [2.45, 2.75) is 13.8 Å². The van der Waals surface area contributed by atoms with Crippen molar-refractivity contribution in [2.75, 3.05) is 31.5 Å². The van der Waals surface area contributed by atoms with Crippen LogP contribution in [0, 0.1) is 11.3 Å². The van der Waals surface area contributed by atoms with Crippen LogP contribution in [0.25, 0.3) is 0 Å². The zero-order valence-electron chi connectivity index (χ0n) is 9.77. The number of likely N-dealkylation sites (N-methyl/N-ethyl adjacent to an activating group) is 1. The zero-order valence-corrected chi connectivity index (χ0v) is 9.77. The fraction of sp³-hybridized carbons (Fsp3) is 0.545. The van der Waals surface area contributed by atoms with Crippen LogP contribution in [-0.4, -0.2) is 41.3 Å². The summed E-state index contributed by atoms with van der Waals surface area (Å²) in [7, 11) is 0. The predicted molar refractivity (Wildman–Crippen MR) is 63.0 cm³/mol. The van der Waals surface area contributed by atoms with Gasteiger partial charge < -0.3 is 10.2 Å². The number of nitrogens with zero attached hydrogens (tertiary/aromatic N) is 4. The highest BCUT2D eigenvalue weighted by atomic mass is 15.2.